The summed E-state index contributed by atoms with van der Waals surface area (Å²) in [6.07, 6.45) is 2.49. The van der Waals surface area contributed by atoms with Gasteiger partial charge in [-0.05, 0) is 12.5 Å². The fraction of sp³-hybridized carbons (Fsp3) is 0.273. The lowest BCUT2D eigenvalue weighted by Gasteiger charge is -2.09. The molecule has 0 saturated carbocycles. The highest BCUT2D eigenvalue weighted by molar-refractivity contribution is 5.33. The van der Waals surface area contributed by atoms with Crippen LogP contribution in [0.3, 0.4) is 0 Å². The molecule has 0 fully saturated rings. The molecule has 1 aromatic carbocycles. The molecule has 76 valence electrons. The molecule has 2 nitrogen and oxygen atoms in total. The SMILES string of the molecule is C=CCCOc1cc(F)ccc1CN. The number of rotatable bonds is 5. The number of benzene rings is 1. The normalized spacial score (nSPS) is 9.86. The van der Waals surface area contributed by atoms with E-state index in [4.69, 9.17) is 10.5 Å². The minimum atomic E-state index is -0.309. The van der Waals surface area contributed by atoms with Gasteiger partial charge in [0.25, 0.3) is 0 Å². The van der Waals surface area contributed by atoms with Crippen LogP contribution in [-0.2, 0) is 6.54 Å². The molecule has 0 heterocycles. The van der Waals surface area contributed by atoms with Crippen molar-refractivity contribution in [1.29, 1.82) is 0 Å². The van der Waals surface area contributed by atoms with Gasteiger partial charge in [-0.15, -0.1) is 6.58 Å². The van der Waals surface area contributed by atoms with Crippen molar-refractivity contribution in [1.82, 2.24) is 0 Å². The maximum absolute atomic E-state index is 12.9. The van der Waals surface area contributed by atoms with E-state index < -0.39 is 0 Å². The van der Waals surface area contributed by atoms with Crippen LogP contribution in [0.15, 0.2) is 30.9 Å². The van der Waals surface area contributed by atoms with Crippen molar-refractivity contribution in [2.24, 2.45) is 5.73 Å². The summed E-state index contributed by atoms with van der Waals surface area (Å²) < 4.78 is 18.2. The van der Waals surface area contributed by atoms with Gasteiger partial charge in [0.15, 0.2) is 0 Å². The van der Waals surface area contributed by atoms with Gasteiger partial charge in [-0.3, -0.25) is 0 Å². The Morgan fingerprint density at radius 3 is 2.93 bits per heavy atom. The molecule has 0 saturated heterocycles. The molecular weight excluding hydrogens is 181 g/mol. The minimum Gasteiger partial charge on any atom is -0.493 e. The molecule has 0 atom stereocenters. The lowest BCUT2D eigenvalue weighted by atomic mass is 10.2. The molecule has 0 aliphatic rings. The molecule has 2 N–H and O–H groups in total. The van der Waals surface area contributed by atoms with E-state index in [2.05, 4.69) is 6.58 Å². The van der Waals surface area contributed by atoms with E-state index in [1.807, 2.05) is 0 Å². The molecule has 0 bridgehead atoms. The predicted molar refractivity (Wildman–Crippen MR) is 54.6 cm³/mol. The highest BCUT2D eigenvalue weighted by atomic mass is 19.1. The molecule has 3 heteroatoms. The summed E-state index contributed by atoms with van der Waals surface area (Å²) in [5, 5.41) is 0. The smallest absolute Gasteiger partial charge is 0.126 e. The van der Waals surface area contributed by atoms with Crippen LogP contribution in [0.25, 0.3) is 0 Å². The monoisotopic (exact) mass is 195 g/mol. The highest BCUT2D eigenvalue weighted by Gasteiger charge is 2.03. The lowest BCUT2D eigenvalue weighted by molar-refractivity contribution is 0.320. The van der Waals surface area contributed by atoms with Crippen molar-refractivity contribution in [2.75, 3.05) is 6.61 Å². The van der Waals surface area contributed by atoms with E-state index in [1.54, 1.807) is 12.1 Å². The third-order valence-corrected chi connectivity index (χ3v) is 1.83. The van der Waals surface area contributed by atoms with Crippen molar-refractivity contribution in [3.63, 3.8) is 0 Å². The molecule has 0 aromatic heterocycles. The first kappa shape index (κ1) is 10.7. The first-order valence-electron chi connectivity index (χ1n) is 4.50. The van der Waals surface area contributed by atoms with Crippen molar-refractivity contribution in [3.8, 4) is 5.75 Å². The summed E-state index contributed by atoms with van der Waals surface area (Å²) in [5.41, 5.74) is 6.30. The Morgan fingerprint density at radius 2 is 2.29 bits per heavy atom. The van der Waals surface area contributed by atoms with E-state index in [0.717, 1.165) is 12.0 Å². The molecule has 1 rings (SSSR count). The Bertz CT molecular complexity index is 312. The second kappa shape index (κ2) is 5.40. The zero-order valence-corrected chi connectivity index (χ0v) is 8.00. The van der Waals surface area contributed by atoms with Crippen LogP contribution in [0.5, 0.6) is 5.75 Å². The fourth-order valence-corrected chi connectivity index (χ4v) is 1.08. The zero-order chi connectivity index (χ0) is 10.4. The van der Waals surface area contributed by atoms with Crippen molar-refractivity contribution >= 4 is 0 Å². The summed E-state index contributed by atoms with van der Waals surface area (Å²) in [6, 6.07) is 4.37. The largest absolute Gasteiger partial charge is 0.493 e. The molecule has 0 aliphatic carbocycles. The van der Waals surface area contributed by atoms with Gasteiger partial charge in [-0.2, -0.15) is 0 Å². The van der Waals surface area contributed by atoms with Gasteiger partial charge in [0.05, 0.1) is 6.61 Å². The Morgan fingerprint density at radius 1 is 1.50 bits per heavy atom. The summed E-state index contributed by atoms with van der Waals surface area (Å²) >= 11 is 0. The van der Waals surface area contributed by atoms with Gasteiger partial charge >= 0.3 is 0 Å². The van der Waals surface area contributed by atoms with Crippen molar-refractivity contribution in [2.45, 2.75) is 13.0 Å². The molecule has 1 aromatic rings. The van der Waals surface area contributed by atoms with Crippen LogP contribution in [0.2, 0.25) is 0 Å². The van der Waals surface area contributed by atoms with E-state index in [9.17, 15) is 4.39 Å². The molecule has 0 aliphatic heterocycles. The van der Waals surface area contributed by atoms with E-state index in [-0.39, 0.29) is 5.82 Å². The number of hydrogen-bond acceptors (Lipinski definition) is 2. The van der Waals surface area contributed by atoms with Crippen LogP contribution in [-0.4, -0.2) is 6.61 Å². The minimum absolute atomic E-state index is 0.309. The molecular formula is C11H14FNO. The summed E-state index contributed by atoms with van der Waals surface area (Å²) in [7, 11) is 0. The Hall–Kier alpha value is -1.35. The van der Waals surface area contributed by atoms with Gasteiger partial charge < -0.3 is 10.5 Å². The standard InChI is InChI=1S/C11H14FNO/c1-2-3-6-14-11-7-10(12)5-4-9(11)8-13/h2,4-5,7H,1,3,6,8,13H2. The van der Waals surface area contributed by atoms with Crippen LogP contribution in [0, 0.1) is 5.82 Å². The van der Waals surface area contributed by atoms with E-state index in [0.29, 0.717) is 18.9 Å². The third kappa shape index (κ3) is 2.85. The molecule has 0 spiro atoms. The second-order valence-electron chi connectivity index (χ2n) is 2.88. The molecule has 0 amide bonds. The third-order valence-electron chi connectivity index (χ3n) is 1.83. The highest BCUT2D eigenvalue weighted by Crippen LogP contribution is 2.19. The number of halogens is 1. The summed E-state index contributed by atoms with van der Waals surface area (Å²) in [6.45, 7) is 4.42. The summed E-state index contributed by atoms with van der Waals surface area (Å²) in [5.74, 6) is 0.213. The zero-order valence-electron chi connectivity index (χ0n) is 8.00. The van der Waals surface area contributed by atoms with Gasteiger partial charge in [0.2, 0.25) is 0 Å². The van der Waals surface area contributed by atoms with Gasteiger partial charge in [-0.1, -0.05) is 12.1 Å². The van der Waals surface area contributed by atoms with Crippen LogP contribution in [0.4, 0.5) is 4.39 Å². The van der Waals surface area contributed by atoms with E-state index >= 15 is 0 Å². The van der Waals surface area contributed by atoms with Crippen LogP contribution < -0.4 is 10.5 Å². The summed E-state index contributed by atoms with van der Waals surface area (Å²) in [4.78, 5) is 0. The molecule has 14 heavy (non-hydrogen) atoms. The topological polar surface area (TPSA) is 35.2 Å². The van der Waals surface area contributed by atoms with Crippen molar-refractivity contribution < 1.29 is 9.13 Å². The second-order valence-corrected chi connectivity index (χ2v) is 2.88. The van der Waals surface area contributed by atoms with E-state index in [1.165, 1.54) is 12.1 Å². The van der Waals surface area contributed by atoms with Crippen LogP contribution >= 0.6 is 0 Å². The van der Waals surface area contributed by atoms with Gasteiger partial charge in [-0.25, -0.2) is 4.39 Å². The number of ether oxygens (including phenoxy) is 1. The van der Waals surface area contributed by atoms with Crippen molar-refractivity contribution in [3.05, 3.63) is 42.2 Å². The maximum Gasteiger partial charge on any atom is 0.126 e. The molecule has 0 unspecified atom stereocenters. The number of nitrogens with two attached hydrogens (primary N) is 1. The first-order chi connectivity index (χ1) is 6.77. The van der Waals surface area contributed by atoms with Gasteiger partial charge in [0, 0.05) is 18.2 Å². The fourth-order valence-electron chi connectivity index (χ4n) is 1.08. The Labute approximate surface area is 83.2 Å². The predicted octanol–water partition coefficient (Wildman–Crippen LogP) is 2.24. The maximum atomic E-state index is 12.9. The average Bonchev–Trinajstić information content (AvgIpc) is 2.19. The Kier molecular flexibility index (Phi) is 4.13. The van der Waals surface area contributed by atoms with Gasteiger partial charge in [0.1, 0.15) is 11.6 Å². The molecule has 0 radical (unpaired) electrons. The Balaban J connectivity index is 2.71. The first-order valence-corrected chi connectivity index (χ1v) is 4.50. The average molecular weight is 195 g/mol. The quantitative estimate of drug-likeness (QED) is 0.577. The lowest BCUT2D eigenvalue weighted by Crippen LogP contribution is -2.03. The number of hydrogen-bond donors (Lipinski definition) is 1. The van der Waals surface area contributed by atoms with Crippen LogP contribution in [0.1, 0.15) is 12.0 Å².